The van der Waals surface area contributed by atoms with E-state index in [0.29, 0.717) is 18.9 Å². The van der Waals surface area contributed by atoms with E-state index in [2.05, 4.69) is 15.0 Å². The molecule has 0 saturated carbocycles. The van der Waals surface area contributed by atoms with Crippen LogP contribution in [0.2, 0.25) is 0 Å². The number of para-hydroxylation sites is 1. The van der Waals surface area contributed by atoms with Gasteiger partial charge in [0.2, 0.25) is 11.9 Å². The van der Waals surface area contributed by atoms with Gasteiger partial charge in [-0.15, -0.1) is 0 Å². The summed E-state index contributed by atoms with van der Waals surface area (Å²) in [6.07, 6.45) is 5.60. The first-order valence-electron chi connectivity index (χ1n) is 8.09. The molecule has 1 aromatic carbocycles. The Balaban J connectivity index is 1.65. The predicted octanol–water partition coefficient (Wildman–Crippen LogP) is 2.29. The lowest BCUT2D eigenvalue weighted by molar-refractivity contribution is -0.129. The molecule has 0 atom stereocenters. The number of pyridine rings is 1. The van der Waals surface area contributed by atoms with Gasteiger partial charge < -0.3 is 9.80 Å². The van der Waals surface area contributed by atoms with Crippen molar-refractivity contribution >= 4 is 22.8 Å². The van der Waals surface area contributed by atoms with Gasteiger partial charge in [0.1, 0.15) is 0 Å². The quantitative estimate of drug-likeness (QED) is 0.716. The maximum Gasteiger partial charge on any atom is 0.227 e. The fourth-order valence-electron chi connectivity index (χ4n) is 2.55. The molecule has 128 valence electrons. The van der Waals surface area contributed by atoms with E-state index in [1.165, 1.54) is 0 Å². The van der Waals surface area contributed by atoms with E-state index in [1.54, 1.807) is 30.5 Å². The molecule has 6 heteroatoms. The van der Waals surface area contributed by atoms with Crippen molar-refractivity contribution in [3.63, 3.8) is 0 Å². The minimum Gasteiger partial charge on any atom is -0.347 e. The number of carbonyl (C=O) groups is 1. The number of aromatic nitrogens is 3. The van der Waals surface area contributed by atoms with Crippen LogP contribution in [0.1, 0.15) is 11.1 Å². The van der Waals surface area contributed by atoms with Crippen LogP contribution in [0.15, 0.2) is 48.9 Å². The van der Waals surface area contributed by atoms with Crippen molar-refractivity contribution < 1.29 is 4.79 Å². The summed E-state index contributed by atoms with van der Waals surface area (Å²) >= 11 is 0. The van der Waals surface area contributed by atoms with Crippen molar-refractivity contribution in [3.05, 3.63) is 60.0 Å². The molecule has 6 nitrogen and oxygen atoms in total. The van der Waals surface area contributed by atoms with Crippen LogP contribution in [0.5, 0.6) is 0 Å². The molecular formula is C19H21N5O. The first kappa shape index (κ1) is 16.8. The molecule has 3 rings (SSSR count). The van der Waals surface area contributed by atoms with Gasteiger partial charge in [-0.3, -0.25) is 9.78 Å². The predicted molar refractivity (Wildman–Crippen MR) is 98.3 cm³/mol. The van der Waals surface area contributed by atoms with Crippen LogP contribution in [-0.2, 0) is 17.8 Å². The van der Waals surface area contributed by atoms with E-state index in [0.717, 1.165) is 22.0 Å². The fourth-order valence-corrected chi connectivity index (χ4v) is 2.55. The van der Waals surface area contributed by atoms with Gasteiger partial charge in [-0.1, -0.05) is 18.2 Å². The molecule has 0 unspecified atom stereocenters. The molecule has 0 saturated heterocycles. The molecule has 2 aromatic heterocycles. The summed E-state index contributed by atoms with van der Waals surface area (Å²) in [6, 6.07) is 9.91. The van der Waals surface area contributed by atoms with E-state index in [4.69, 9.17) is 0 Å². The highest BCUT2D eigenvalue weighted by Crippen LogP contribution is 2.14. The molecule has 0 spiro atoms. The third-order valence-electron chi connectivity index (χ3n) is 3.94. The number of rotatable bonds is 5. The Morgan fingerprint density at radius 2 is 1.64 bits per heavy atom. The number of benzene rings is 1. The average molecular weight is 335 g/mol. The van der Waals surface area contributed by atoms with Gasteiger partial charge in [-0.25, -0.2) is 9.97 Å². The number of likely N-dealkylation sites (N-methyl/N-ethyl adjacent to an activating group) is 1. The molecule has 0 aliphatic heterocycles. The van der Waals surface area contributed by atoms with Crippen LogP contribution in [0.3, 0.4) is 0 Å². The summed E-state index contributed by atoms with van der Waals surface area (Å²) in [6.45, 7) is 0.480. The zero-order chi connectivity index (χ0) is 17.8. The number of amides is 1. The van der Waals surface area contributed by atoms with Crippen LogP contribution in [-0.4, -0.2) is 46.9 Å². The van der Waals surface area contributed by atoms with Crippen LogP contribution in [0.25, 0.3) is 10.9 Å². The Kier molecular flexibility index (Phi) is 4.88. The molecule has 0 bridgehead atoms. The van der Waals surface area contributed by atoms with E-state index in [9.17, 15) is 4.79 Å². The van der Waals surface area contributed by atoms with Crippen molar-refractivity contribution in [1.29, 1.82) is 0 Å². The lowest BCUT2D eigenvalue weighted by Crippen LogP contribution is -2.28. The highest BCUT2D eigenvalue weighted by Gasteiger charge is 2.12. The summed E-state index contributed by atoms with van der Waals surface area (Å²) in [5.41, 5.74) is 2.75. The first-order valence-corrected chi connectivity index (χ1v) is 8.09. The van der Waals surface area contributed by atoms with Gasteiger partial charge in [-0.05, 0) is 17.7 Å². The number of hydrogen-bond donors (Lipinski definition) is 0. The van der Waals surface area contributed by atoms with Gasteiger partial charge in [-0.2, -0.15) is 0 Å². The maximum absolute atomic E-state index is 12.5. The number of anilines is 1. The van der Waals surface area contributed by atoms with Gasteiger partial charge in [0.05, 0.1) is 11.9 Å². The monoisotopic (exact) mass is 335 g/mol. The third kappa shape index (κ3) is 4.09. The van der Waals surface area contributed by atoms with Crippen LogP contribution in [0.4, 0.5) is 5.95 Å². The molecule has 2 heterocycles. The number of hydrogen-bond acceptors (Lipinski definition) is 5. The van der Waals surface area contributed by atoms with E-state index < -0.39 is 0 Å². The Bertz CT molecular complexity index is 876. The van der Waals surface area contributed by atoms with Crippen molar-refractivity contribution in [2.45, 2.75) is 13.0 Å². The summed E-state index contributed by atoms with van der Waals surface area (Å²) in [5.74, 6) is 0.689. The number of carbonyl (C=O) groups excluding carboxylic acids is 1. The second-order valence-electron chi connectivity index (χ2n) is 6.25. The molecule has 3 aromatic rings. The molecule has 0 aliphatic rings. The van der Waals surface area contributed by atoms with Crippen molar-refractivity contribution in [2.75, 3.05) is 26.0 Å². The molecule has 0 radical (unpaired) electrons. The first-order chi connectivity index (χ1) is 12.0. The molecular weight excluding hydrogens is 314 g/mol. The van der Waals surface area contributed by atoms with Crippen LogP contribution in [0, 0.1) is 0 Å². The Hall–Kier alpha value is -3.02. The summed E-state index contributed by atoms with van der Waals surface area (Å²) in [5, 5.41) is 1.04. The zero-order valence-electron chi connectivity index (χ0n) is 14.7. The van der Waals surface area contributed by atoms with Crippen molar-refractivity contribution in [3.8, 4) is 0 Å². The average Bonchev–Trinajstić information content (AvgIpc) is 2.62. The lowest BCUT2D eigenvalue weighted by atomic mass is 10.1. The molecule has 0 N–H and O–H groups in total. The molecule has 1 amide bonds. The largest absolute Gasteiger partial charge is 0.347 e. The SMILES string of the molecule is CN(Cc1cnc(N(C)C)nc1)C(=O)Cc1cnc2ccccc2c1. The zero-order valence-corrected chi connectivity index (χ0v) is 14.7. The minimum absolute atomic E-state index is 0.0359. The van der Waals surface area contributed by atoms with E-state index in [-0.39, 0.29) is 5.91 Å². The van der Waals surface area contributed by atoms with Gasteiger partial charge in [0.15, 0.2) is 0 Å². The Morgan fingerprint density at radius 3 is 2.36 bits per heavy atom. The number of fused-ring (bicyclic) bond motifs is 1. The highest BCUT2D eigenvalue weighted by atomic mass is 16.2. The summed E-state index contributed by atoms with van der Waals surface area (Å²) < 4.78 is 0. The molecule has 0 aliphatic carbocycles. The standard InChI is InChI=1S/C19H21N5O/c1-23(2)19-21-11-15(12-22-19)13-24(3)18(25)9-14-8-16-6-4-5-7-17(16)20-10-14/h4-8,10-12H,9,13H2,1-3H3. The third-order valence-corrected chi connectivity index (χ3v) is 3.94. The summed E-state index contributed by atoms with van der Waals surface area (Å²) in [4.78, 5) is 29.0. The fraction of sp³-hybridized carbons (Fsp3) is 0.263. The topological polar surface area (TPSA) is 62.2 Å². The molecule has 0 fully saturated rings. The normalized spacial score (nSPS) is 10.7. The smallest absolute Gasteiger partial charge is 0.227 e. The Morgan fingerprint density at radius 1 is 0.960 bits per heavy atom. The van der Waals surface area contributed by atoms with E-state index >= 15 is 0 Å². The summed E-state index contributed by atoms with van der Waals surface area (Å²) in [7, 11) is 5.57. The second kappa shape index (κ2) is 7.25. The van der Waals surface area contributed by atoms with Gasteiger partial charge in [0.25, 0.3) is 0 Å². The van der Waals surface area contributed by atoms with Crippen LogP contribution < -0.4 is 4.90 Å². The minimum atomic E-state index is 0.0359. The van der Waals surface area contributed by atoms with Crippen molar-refractivity contribution in [2.24, 2.45) is 0 Å². The van der Waals surface area contributed by atoms with Crippen LogP contribution >= 0.6 is 0 Å². The van der Waals surface area contributed by atoms with Gasteiger partial charge in [0, 0.05) is 57.2 Å². The van der Waals surface area contributed by atoms with E-state index in [1.807, 2.05) is 49.3 Å². The maximum atomic E-state index is 12.5. The molecule has 25 heavy (non-hydrogen) atoms. The van der Waals surface area contributed by atoms with Gasteiger partial charge >= 0.3 is 0 Å². The lowest BCUT2D eigenvalue weighted by Gasteiger charge is -2.17. The second-order valence-corrected chi connectivity index (χ2v) is 6.25. The Labute approximate surface area is 147 Å². The highest BCUT2D eigenvalue weighted by molar-refractivity contribution is 5.82. The van der Waals surface area contributed by atoms with Crippen molar-refractivity contribution in [1.82, 2.24) is 19.9 Å². The number of nitrogens with zero attached hydrogens (tertiary/aromatic N) is 5.